The highest BCUT2D eigenvalue weighted by Crippen LogP contribution is 2.14. The van der Waals surface area contributed by atoms with E-state index in [1.54, 1.807) is 6.92 Å². The van der Waals surface area contributed by atoms with E-state index in [0.29, 0.717) is 0 Å². The number of hydrogen-bond acceptors (Lipinski definition) is 5. The highest BCUT2D eigenvalue weighted by atomic mass is 19.1. The van der Waals surface area contributed by atoms with E-state index in [2.05, 4.69) is 0 Å². The van der Waals surface area contributed by atoms with Crippen molar-refractivity contribution in [2.45, 2.75) is 25.7 Å². The molecule has 0 fully saturated rings. The van der Waals surface area contributed by atoms with Crippen molar-refractivity contribution in [3.63, 3.8) is 0 Å². The fourth-order valence-corrected chi connectivity index (χ4v) is 1.60. The Kier molecular flexibility index (Phi) is 5.87. The molecule has 0 amide bonds. The second-order valence-corrected chi connectivity index (χ2v) is 3.97. The molecule has 1 heterocycles. The molecule has 19 heavy (non-hydrogen) atoms. The molecular formula is C11H17FN2O5. The van der Waals surface area contributed by atoms with Gasteiger partial charge >= 0.3 is 5.69 Å². The molecule has 108 valence electrons. The topological polar surface area (TPSA) is 93.5 Å². The Morgan fingerprint density at radius 3 is 2.79 bits per heavy atom. The van der Waals surface area contributed by atoms with Crippen LogP contribution in [0, 0.1) is 5.82 Å². The maximum atomic E-state index is 13.2. The van der Waals surface area contributed by atoms with Crippen LogP contribution in [-0.4, -0.2) is 41.1 Å². The smallest absolute Gasteiger partial charge is 0.330 e. The van der Waals surface area contributed by atoms with Crippen molar-refractivity contribution in [1.29, 1.82) is 0 Å². The van der Waals surface area contributed by atoms with Crippen molar-refractivity contribution in [2.75, 3.05) is 20.3 Å². The first-order chi connectivity index (χ1) is 8.99. The highest BCUT2D eigenvalue weighted by molar-refractivity contribution is 4.88. The molecule has 8 heteroatoms. The minimum absolute atomic E-state index is 0.116. The van der Waals surface area contributed by atoms with Crippen LogP contribution in [0.1, 0.15) is 19.6 Å². The number of nitrogens with zero attached hydrogens (tertiary/aromatic N) is 1. The number of aliphatic hydroxyl groups is 1. The Bertz CT molecular complexity index is 513. The summed E-state index contributed by atoms with van der Waals surface area (Å²) in [7, 11) is 1.36. The summed E-state index contributed by atoms with van der Waals surface area (Å²) in [4.78, 5) is 24.4. The van der Waals surface area contributed by atoms with Crippen LogP contribution < -0.4 is 11.2 Å². The predicted octanol–water partition coefficient (Wildman–Crippen LogP) is -0.392. The molecule has 0 saturated heterocycles. The van der Waals surface area contributed by atoms with Gasteiger partial charge in [0.15, 0.2) is 0 Å². The second-order valence-electron chi connectivity index (χ2n) is 3.97. The van der Waals surface area contributed by atoms with Gasteiger partial charge in [-0.1, -0.05) is 0 Å². The van der Waals surface area contributed by atoms with Crippen LogP contribution in [0.25, 0.3) is 0 Å². The molecule has 1 rings (SSSR count). The number of aromatic nitrogens is 2. The fourth-order valence-electron chi connectivity index (χ4n) is 1.60. The number of aliphatic hydroxyl groups excluding tert-OH is 1. The molecule has 0 aliphatic heterocycles. The molecule has 1 aromatic rings. The summed E-state index contributed by atoms with van der Waals surface area (Å²) in [6, 6.07) is 0. The molecule has 0 saturated carbocycles. The third-order valence-corrected chi connectivity index (χ3v) is 2.53. The SMILES string of the molecule is CO[C@H](C[C@@H](C)OCCO)n1cc(F)c(=O)[nH]c1=O. The standard InChI is InChI=1S/C11H17FN2O5/c1-7(19-4-3-15)5-9(18-2)14-6-8(12)10(16)13-11(14)17/h6-7,9,15H,3-5H2,1-2H3,(H,13,16,17)/t7-,9-/m1/s1. The summed E-state index contributed by atoms with van der Waals surface area (Å²) in [5.41, 5.74) is -1.83. The molecule has 0 spiro atoms. The molecule has 2 N–H and O–H groups in total. The Labute approximate surface area is 108 Å². The molecule has 0 aromatic carbocycles. The van der Waals surface area contributed by atoms with Crippen molar-refractivity contribution in [2.24, 2.45) is 0 Å². The van der Waals surface area contributed by atoms with Gasteiger partial charge in [-0.05, 0) is 6.92 Å². The van der Waals surface area contributed by atoms with E-state index in [0.717, 1.165) is 10.8 Å². The summed E-state index contributed by atoms with van der Waals surface area (Å²) in [5.74, 6) is -1.06. The summed E-state index contributed by atoms with van der Waals surface area (Å²) >= 11 is 0. The van der Waals surface area contributed by atoms with Gasteiger partial charge < -0.3 is 14.6 Å². The predicted molar refractivity (Wildman–Crippen MR) is 64.4 cm³/mol. The maximum absolute atomic E-state index is 13.2. The minimum Gasteiger partial charge on any atom is -0.394 e. The number of rotatable bonds is 7. The van der Waals surface area contributed by atoms with Gasteiger partial charge in [-0.25, -0.2) is 4.79 Å². The van der Waals surface area contributed by atoms with E-state index < -0.39 is 23.3 Å². The van der Waals surface area contributed by atoms with Crippen molar-refractivity contribution in [1.82, 2.24) is 9.55 Å². The number of halogens is 1. The van der Waals surface area contributed by atoms with Gasteiger partial charge in [-0.3, -0.25) is 14.3 Å². The van der Waals surface area contributed by atoms with Gasteiger partial charge in [0.05, 0.1) is 25.5 Å². The van der Waals surface area contributed by atoms with Gasteiger partial charge in [0.2, 0.25) is 5.82 Å². The van der Waals surface area contributed by atoms with E-state index in [4.69, 9.17) is 14.6 Å². The summed E-state index contributed by atoms with van der Waals surface area (Å²) in [6.07, 6.45) is -0.0118. The van der Waals surface area contributed by atoms with Crippen molar-refractivity contribution >= 4 is 0 Å². The lowest BCUT2D eigenvalue weighted by molar-refractivity contribution is -0.0330. The summed E-state index contributed by atoms with van der Waals surface area (Å²) in [6.45, 7) is 1.77. The van der Waals surface area contributed by atoms with Crippen LogP contribution in [0.4, 0.5) is 4.39 Å². The van der Waals surface area contributed by atoms with Crippen LogP contribution in [0.2, 0.25) is 0 Å². The van der Waals surface area contributed by atoms with E-state index in [1.165, 1.54) is 7.11 Å². The lowest BCUT2D eigenvalue weighted by atomic mass is 10.2. The van der Waals surface area contributed by atoms with Gasteiger partial charge in [0.1, 0.15) is 6.23 Å². The van der Waals surface area contributed by atoms with E-state index in [9.17, 15) is 14.0 Å². The largest absolute Gasteiger partial charge is 0.394 e. The molecule has 0 aliphatic rings. The lowest BCUT2D eigenvalue weighted by Gasteiger charge is -2.21. The van der Waals surface area contributed by atoms with Crippen LogP contribution in [0.15, 0.2) is 15.8 Å². The van der Waals surface area contributed by atoms with E-state index >= 15 is 0 Å². The molecular weight excluding hydrogens is 259 g/mol. The average molecular weight is 276 g/mol. The Morgan fingerprint density at radius 2 is 2.21 bits per heavy atom. The lowest BCUT2D eigenvalue weighted by Crippen LogP contribution is -2.35. The first-order valence-corrected chi connectivity index (χ1v) is 5.75. The number of aromatic amines is 1. The minimum atomic E-state index is -1.07. The number of methoxy groups -OCH3 is 1. The van der Waals surface area contributed by atoms with Crippen molar-refractivity contribution in [3.8, 4) is 0 Å². The molecule has 0 radical (unpaired) electrons. The van der Waals surface area contributed by atoms with Gasteiger partial charge in [0, 0.05) is 13.5 Å². The third-order valence-electron chi connectivity index (χ3n) is 2.53. The van der Waals surface area contributed by atoms with Crippen molar-refractivity contribution in [3.05, 3.63) is 32.9 Å². The molecule has 0 aliphatic carbocycles. The van der Waals surface area contributed by atoms with Crippen LogP contribution in [-0.2, 0) is 9.47 Å². The van der Waals surface area contributed by atoms with E-state index in [1.807, 2.05) is 4.98 Å². The summed E-state index contributed by atoms with van der Waals surface area (Å²) < 4.78 is 24.4. The maximum Gasteiger partial charge on any atom is 0.330 e. The number of H-pyrrole nitrogens is 1. The van der Waals surface area contributed by atoms with Gasteiger partial charge in [-0.15, -0.1) is 0 Å². The normalized spacial score (nSPS) is 14.3. The first-order valence-electron chi connectivity index (χ1n) is 5.75. The van der Waals surface area contributed by atoms with Crippen LogP contribution >= 0.6 is 0 Å². The monoisotopic (exact) mass is 276 g/mol. The van der Waals surface area contributed by atoms with Crippen LogP contribution in [0.3, 0.4) is 0 Å². The Balaban J connectivity index is 2.88. The second kappa shape index (κ2) is 7.17. The summed E-state index contributed by atoms with van der Waals surface area (Å²) in [5, 5.41) is 8.63. The molecule has 2 atom stereocenters. The van der Waals surface area contributed by atoms with E-state index in [-0.39, 0.29) is 25.7 Å². The fraction of sp³-hybridized carbons (Fsp3) is 0.636. The van der Waals surface area contributed by atoms with Gasteiger partial charge in [0.25, 0.3) is 5.56 Å². The third kappa shape index (κ3) is 4.27. The molecule has 0 bridgehead atoms. The van der Waals surface area contributed by atoms with Crippen molar-refractivity contribution < 1.29 is 19.0 Å². The van der Waals surface area contributed by atoms with Gasteiger partial charge in [-0.2, -0.15) is 4.39 Å². The zero-order chi connectivity index (χ0) is 14.4. The highest BCUT2D eigenvalue weighted by Gasteiger charge is 2.17. The number of nitrogens with one attached hydrogen (secondary N) is 1. The molecule has 7 nitrogen and oxygen atoms in total. The molecule has 1 aromatic heterocycles. The van der Waals surface area contributed by atoms with Crippen LogP contribution in [0.5, 0.6) is 0 Å². The number of hydrogen-bond donors (Lipinski definition) is 2. The Hall–Kier alpha value is -1.51. The number of ether oxygens (including phenoxy) is 2. The zero-order valence-electron chi connectivity index (χ0n) is 10.8. The average Bonchev–Trinajstić information content (AvgIpc) is 2.38. The first kappa shape index (κ1) is 15.5. The molecule has 0 unspecified atom stereocenters. The zero-order valence-corrected chi connectivity index (χ0v) is 10.8. The quantitative estimate of drug-likeness (QED) is 0.707. The Morgan fingerprint density at radius 1 is 1.53 bits per heavy atom.